The van der Waals surface area contributed by atoms with E-state index in [-0.39, 0.29) is 18.4 Å². The van der Waals surface area contributed by atoms with Gasteiger partial charge in [0.05, 0.1) is 17.6 Å². The highest BCUT2D eigenvalue weighted by Gasteiger charge is 2.55. The number of amides is 2. The molecule has 0 aromatic heterocycles. The van der Waals surface area contributed by atoms with Gasteiger partial charge in [-0.25, -0.2) is 0 Å². The molecule has 1 atom stereocenters. The van der Waals surface area contributed by atoms with Gasteiger partial charge in [0.2, 0.25) is 11.8 Å². The number of likely N-dealkylation sites (tertiary alicyclic amines) is 1. The molecule has 1 saturated heterocycles. The molecule has 1 unspecified atom stereocenters. The van der Waals surface area contributed by atoms with Crippen LogP contribution < -0.4 is 0 Å². The molecule has 0 bridgehead atoms. The predicted octanol–water partition coefficient (Wildman–Crippen LogP) is 1.86. The normalized spacial score (nSPS) is 26.7. The maximum Gasteiger partial charge on any atom is 0.236 e. The van der Waals surface area contributed by atoms with E-state index < -0.39 is 11.0 Å². The SMILES string of the molecule is CCC(C)(CO)N1C(=O)CC2(CCCCC2)C1=O. The second-order valence-electron chi connectivity index (χ2n) is 6.06. The average molecular weight is 253 g/mol. The van der Waals surface area contributed by atoms with Gasteiger partial charge in [0.1, 0.15) is 0 Å². The number of rotatable bonds is 3. The van der Waals surface area contributed by atoms with Gasteiger partial charge in [0, 0.05) is 6.42 Å². The van der Waals surface area contributed by atoms with E-state index in [4.69, 9.17) is 0 Å². The first-order valence-electron chi connectivity index (χ1n) is 6.97. The highest BCUT2D eigenvalue weighted by molar-refractivity contribution is 6.06. The lowest BCUT2D eigenvalue weighted by Crippen LogP contribution is -2.53. The number of aliphatic hydroxyl groups is 1. The van der Waals surface area contributed by atoms with Crippen molar-refractivity contribution in [3.05, 3.63) is 0 Å². The van der Waals surface area contributed by atoms with E-state index in [1.807, 2.05) is 6.92 Å². The molecule has 1 heterocycles. The standard InChI is InChI=1S/C14H23NO3/c1-3-13(2,10-16)15-11(17)9-14(12(15)18)7-5-4-6-8-14/h16H,3-10H2,1-2H3. The minimum atomic E-state index is -0.727. The summed E-state index contributed by atoms with van der Waals surface area (Å²) in [7, 11) is 0. The number of hydrogen-bond donors (Lipinski definition) is 1. The van der Waals surface area contributed by atoms with Crippen molar-refractivity contribution in [2.75, 3.05) is 6.61 Å². The molecule has 18 heavy (non-hydrogen) atoms. The van der Waals surface area contributed by atoms with Crippen molar-refractivity contribution < 1.29 is 14.7 Å². The van der Waals surface area contributed by atoms with Crippen LogP contribution >= 0.6 is 0 Å². The summed E-state index contributed by atoms with van der Waals surface area (Å²) in [6.07, 6.45) is 5.84. The van der Waals surface area contributed by atoms with Gasteiger partial charge in [0.25, 0.3) is 0 Å². The summed E-state index contributed by atoms with van der Waals surface area (Å²) in [5, 5.41) is 9.52. The lowest BCUT2D eigenvalue weighted by molar-refractivity contribution is -0.150. The van der Waals surface area contributed by atoms with Crippen molar-refractivity contribution >= 4 is 11.8 Å². The molecule has 2 aliphatic rings. The van der Waals surface area contributed by atoms with Gasteiger partial charge < -0.3 is 5.11 Å². The smallest absolute Gasteiger partial charge is 0.236 e. The molecular formula is C14H23NO3. The van der Waals surface area contributed by atoms with Gasteiger partial charge >= 0.3 is 0 Å². The fourth-order valence-corrected chi connectivity index (χ4v) is 3.30. The predicted molar refractivity (Wildman–Crippen MR) is 67.8 cm³/mol. The molecule has 102 valence electrons. The average Bonchev–Trinajstić information content (AvgIpc) is 2.62. The first-order valence-corrected chi connectivity index (χ1v) is 6.97. The molecule has 0 radical (unpaired) electrons. The van der Waals surface area contributed by atoms with Crippen LogP contribution in [0.1, 0.15) is 58.8 Å². The topological polar surface area (TPSA) is 57.6 Å². The second kappa shape index (κ2) is 4.65. The van der Waals surface area contributed by atoms with E-state index in [9.17, 15) is 14.7 Å². The lowest BCUT2D eigenvalue weighted by Gasteiger charge is -2.37. The molecule has 1 aliphatic carbocycles. The molecule has 1 saturated carbocycles. The van der Waals surface area contributed by atoms with Crippen LogP contribution in [-0.4, -0.2) is 34.0 Å². The molecule has 4 nitrogen and oxygen atoms in total. The zero-order valence-corrected chi connectivity index (χ0v) is 11.4. The number of nitrogens with zero attached hydrogens (tertiary/aromatic N) is 1. The first-order chi connectivity index (χ1) is 8.49. The van der Waals surface area contributed by atoms with Crippen molar-refractivity contribution in [3.8, 4) is 0 Å². The number of hydrogen-bond acceptors (Lipinski definition) is 3. The summed E-state index contributed by atoms with van der Waals surface area (Å²) in [4.78, 5) is 26.2. The monoisotopic (exact) mass is 253 g/mol. The van der Waals surface area contributed by atoms with E-state index >= 15 is 0 Å². The molecule has 0 aromatic carbocycles. The summed E-state index contributed by atoms with van der Waals surface area (Å²) < 4.78 is 0. The maximum absolute atomic E-state index is 12.7. The van der Waals surface area contributed by atoms with Gasteiger partial charge in [-0.1, -0.05) is 26.2 Å². The summed E-state index contributed by atoms with van der Waals surface area (Å²) in [6, 6.07) is 0. The Labute approximate surface area is 108 Å². The fraction of sp³-hybridized carbons (Fsp3) is 0.857. The van der Waals surface area contributed by atoms with Gasteiger partial charge in [-0.05, 0) is 26.2 Å². The third-order valence-corrected chi connectivity index (χ3v) is 4.85. The lowest BCUT2D eigenvalue weighted by atomic mass is 9.73. The maximum atomic E-state index is 12.7. The number of imide groups is 1. The van der Waals surface area contributed by atoms with Crippen molar-refractivity contribution in [3.63, 3.8) is 0 Å². The van der Waals surface area contributed by atoms with Crippen molar-refractivity contribution in [2.45, 2.75) is 64.3 Å². The Morgan fingerprint density at radius 2 is 1.89 bits per heavy atom. The summed E-state index contributed by atoms with van der Waals surface area (Å²) in [6.45, 7) is 3.55. The molecule has 2 fully saturated rings. The van der Waals surface area contributed by atoms with Crippen LogP contribution in [0.25, 0.3) is 0 Å². The third-order valence-electron chi connectivity index (χ3n) is 4.85. The van der Waals surface area contributed by atoms with Crippen LogP contribution in [0.5, 0.6) is 0 Å². The van der Waals surface area contributed by atoms with Crippen LogP contribution in [0, 0.1) is 5.41 Å². The van der Waals surface area contributed by atoms with Gasteiger partial charge in [-0.2, -0.15) is 0 Å². The molecule has 4 heteroatoms. The summed E-state index contributed by atoms with van der Waals surface area (Å²) in [5.41, 5.74) is -1.17. The Morgan fingerprint density at radius 1 is 1.28 bits per heavy atom. The summed E-state index contributed by atoms with van der Waals surface area (Å²) >= 11 is 0. The molecule has 1 spiro atoms. The zero-order valence-electron chi connectivity index (χ0n) is 11.4. The Kier molecular flexibility index (Phi) is 3.49. The molecule has 1 N–H and O–H groups in total. The van der Waals surface area contributed by atoms with Crippen LogP contribution in [0.15, 0.2) is 0 Å². The van der Waals surface area contributed by atoms with Crippen molar-refractivity contribution in [1.82, 2.24) is 4.90 Å². The van der Waals surface area contributed by atoms with Gasteiger partial charge in [-0.15, -0.1) is 0 Å². The number of aliphatic hydroxyl groups excluding tert-OH is 1. The van der Waals surface area contributed by atoms with E-state index in [0.29, 0.717) is 12.8 Å². The second-order valence-corrected chi connectivity index (χ2v) is 6.06. The Morgan fingerprint density at radius 3 is 2.39 bits per heavy atom. The van der Waals surface area contributed by atoms with E-state index in [2.05, 4.69) is 0 Å². The highest BCUT2D eigenvalue weighted by Crippen LogP contribution is 2.47. The molecule has 0 aromatic rings. The van der Waals surface area contributed by atoms with Crippen molar-refractivity contribution in [1.29, 1.82) is 0 Å². The Hall–Kier alpha value is -0.900. The molecule has 2 rings (SSSR count). The van der Waals surface area contributed by atoms with E-state index in [1.165, 1.54) is 4.90 Å². The van der Waals surface area contributed by atoms with Crippen LogP contribution in [0.2, 0.25) is 0 Å². The number of carbonyl (C=O) groups is 2. The highest BCUT2D eigenvalue weighted by atomic mass is 16.3. The molecule has 1 aliphatic heterocycles. The fourth-order valence-electron chi connectivity index (χ4n) is 3.30. The first kappa shape index (κ1) is 13.5. The van der Waals surface area contributed by atoms with Gasteiger partial charge in [0.15, 0.2) is 0 Å². The Balaban J connectivity index is 2.29. The quantitative estimate of drug-likeness (QED) is 0.781. The van der Waals surface area contributed by atoms with E-state index in [0.717, 1.165) is 32.1 Å². The number of carbonyl (C=O) groups excluding carboxylic acids is 2. The molecular weight excluding hydrogens is 230 g/mol. The van der Waals surface area contributed by atoms with Gasteiger partial charge in [-0.3, -0.25) is 14.5 Å². The largest absolute Gasteiger partial charge is 0.394 e. The third kappa shape index (κ3) is 1.87. The minimum Gasteiger partial charge on any atom is -0.394 e. The summed E-state index contributed by atoms with van der Waals surface area (Å²) in [5.74, 6) is -0.133. The van der Waals surface area contributed by atoms with Crippen LogP contribution in [0.3, 0.4) is 0 Å². The minimum absolute atomic E-state index is 0.0365. The zero-order chi connectivity index (χ0) is 13.4. The van der Waals surface area contributed by atoms with E-state index in [1.54, 1.807) is 6.92 Å². The Bertz CT molecular complexity index is 354. The van der Waals surface area contributed by atoms with Crippen LogP contribution in [-0.2, 0) is 9.59 Å². The van der Waals surface area contributed by atoms with Crippen LogP contribution in [0.4, 0.5) is 0 Å². The molecule has 2 amide bonds. The van der Waals surface area contributed by atoms with Crippen molar-refractivity contribution in [2.24, 2.45) is 5.41 Å².